The fraction of sp³-hybridized carbons (Fsp3) is 0.667. The molecule has 1 saturated carbocycles. The Morgan fingerprint density at radius 3 is 2.90 bits per heavy atom. The van der Waals surface area contributed by atoms with Gasteiger partial charge >= 0.3 is 0 Å². The normalized spacial score (nSPS) is 26.0. The average Bonchev–Trinajstić information content (AvgIpc) is 2.91. The molecule has 1 saturated heterocycles. The zero-order valence-electron chi connectivity index (χ0n) is 13.1. The van der Waals surface area contributed by atoms with Gasteiger partial charge in [-0.15, -0.1) is 0 Å². The predicted molar refractivity (Wildman–Crippen MR) is 92.3 cm³/mol. The maximum absolute atomic E-state index is 3.78. The first kappa shape index (κ1) is 15.5. The van der Waals surface area contributed by atoms with E-state index in [0.717, 1.165) is 31.6 Å². The van der Waals surface area contributed by atoms with Crippen molar-refractivity contribution in [2.75, 3.05) is 13.1 Å². The van der Waals surface area contributed by atoms with Crippen molar-refractivity contribution in [1.82, 2.24) is 10.2 Å². The standard InChI is InChI=1S/C18H27BrN2/c1-2-20-12-14-7-8-16(17(19)11-14)13-21-10-9-15-5-3-4-6-18(15)21/h7-8,11,15,18,20H,2-6,9-10,12-13H2,1H3. The summed E-state index contributed by atoms with van der Waals surface area (Å²) >= 11 is 3.78. The lowest BCUT2D eigenvalue weighted by molar-refractivity contribution is 0.175. The molecule has 1 N–H and O–H groups in total. The average molecular weight is 351 g/mol. The highest BCUT2D eigenvalue weighted by molar-refractivity contribution is 9.10. The Kier molecular flexibility index (Phi) is 5.36. The third-order valence-electron chi connectivity index (χ3n) is 5.20. The van der Waals surface area contributed by atoms with Crippen LogP contribution in [0.1, 0.15) is 50.2 Å². The quantitative estimate of drug-likeness (QED) is 0.850. The molecule has 0 radical (unpaired) electrons. The van der Waals surface area contributed by atoms with Crippen LogP contribution >= 0.6 is 15.9 Å². The third-order valence-corrected chi connectivity index (χ3v) is 5.93. The molecule has 2 unspecified atom stereocenters. The fourth-order valence-corrected chi connectivity index (χ4v) is 4.57. The van der Waals surface area contributed by atoms with E-state index in [1.54, 1.807) is 0 Å². The Bertz CT molecular complexity index is 474. The molecule has 1 aliphatic carbocycles. The van der Waals surface area contributed by atoms with Crippen LogP contribution in [0.4, 0.5) is 0 Å². The summed E-state index contributed by atoms with van der Waals surface area (Å²) in [7, 11) is 0. The third kappa shape index (κ3) is 3.69. The molecule has 21 heavy (non-hydrogen) atoms. The maximum atomic E-state index is 3.78. The van der Waals surface area contributed by atoms with Crippen LogP contribution in [0.15, 0.2) is 22.7 Å². The molecule has 1 heterocycles. The maximum Gasteiger partial charge on any atom is 0.0247 e. The van der Waals surface area contributed by atoms with Crippen molar-refractivity contribution in [3.63, 3.8) is 0 Å². The number of hydrogen-bond donors (Lipinski definition) is 1. The topological polar surface area (TPSA) is 15.3 Å². The molecule has 0 amide bonds. The van der Waals surface area contributed by atoms with Crippen LogP contribution < -0.4 is 5.32 Å². The van der Waals surface area contributed by atoms with Crippen LogP contribution in [0.3, 0.4) is 0 Å². The molecular weight excluding hydrogens is 324 g/mol. The molecule has 2 atom stereocenters. The number of halogens is 1. The van der Waals surface area contributed by atoms with Crippen LogP contribution in [0.5, 0.6) is 0 Å². The van der Waals surface area contributed by atoms with Crippen LogP contribution in [-0.2, 0) is 13.1 Å². The summed E-state index contributed by atoms with van der Waals surface area (Å²) in [5, 5.41) is 3.39. The number of fused-ring (bicyclic) bond motifs is 1. The van der Waals surface area contributed by atoms with Gasteiger partial charge in [0.25, 0.3) is 0 Å². The van der Waals surface area contributed by atoms with Gasteiger partial charge in [0.1, 0.15) is 0 Å². The van der Waals surface area contributed by atoms with E-state index in [-0.39, 0.29) is 0 Å². The Morgan fingerprint density at radius 1 is 1.24 bits per heavy atom. The van der Waals surface area contributed by atoms with Crippen molar-refractivity contribution in [2.45, 2.75) is 58.2 Å². The summed E-state index contributed by atoms with van der Waals surface area (Å²) in [6.07, 6.45) is 7.18. The van der Waals surface area contributed by atoms with Crippen molar-refractivity contribution in [3.8, 4) is 0 Å². The molecule has 1 aliphatic heterocycles. The van der Waals surface area contributed by atoms with Crippen LogP contribution in [0.2, 0.25) is 0 Å². The first-order valence-corrected chi connectivity index (χ1v) is 9.29. The minimum atomic E-state index is 0.854. The summed E-state index contributed by atoms with van der Waals surface area (Å²) in [6.45, 7) is 6.54. The highest BCUT2D eigenvalue weighted by atomic mass is 79.9. The van der Waals surface area contributed by atoms with E-state index >= 15 is 0 Å². The summed E-state index contributed by atoms with van der Waals surface area (Å²) in [5.74, 6) is 0.977. The van der Waals surface area contributed by atoms with Gasteiger partial charge in [-0.05, 0) is 55.5 Å². The zero-order valence-corrected chi connectivity index (χ0v) is 14.7. The van der Waals surface area contributed by atoms with Gasteiger partial charge < -0.3 is 5.32 Å². The van der Waals surface area contributed by atoms with Gasteiger partial charge in [-0.3, -0.25) is 4.90 Å². The van der Waals surface area contributed by atoms with Gasteiger partial charge in [-0.1, -0.05) is 47.8 Å². The number of rotatable bonds is 5. The van der Waals surface area contributed by atoms with Gasteiger partial charge in [0.15, 0.2) is 0 Å². The van der Waals surface area contributed by atoms with Crippen molar-refractivity contribution in [3.05, 3.63) is 33.8 Å². The predicted octanol–water partition coefficient (Wildman–Crippen LogP) is 4.32. The van der Waals surface area contributed by atoms with Crippen molar-refractivity contribution in [1.29, 1.82) is 0 Å². The molecule has 3 heteroatoms. The van der Waals surface area contributed by atoms with Gasteiger partial charge in [-0.25, -0.2) is 0 Å². The molecule has 1 aromatic rings. The number of likely N-dealkylation sites (tertiary alicyclic amines) is 1. The molecular formula is C18H27BrN2. The van der Waals surface area contributed by atoms with Crippen LogP contribution in [-0.4, -0.2) is 24.0 Å². The molecule has 116 valence electrons. The molecule has 2 nitrogen and oxygen atoms in total. The van der Waals surface area contributed by atoms with E-state index in [1.807, 2.05) is 0 Å². The number of nitrogens with one attached hydrogen (secondary N) is 1. The monoisotopic (exact) mass is 350 g/mol. The highest BCUT2D eigenvalue weighted by Crippen LogP contribution is 2.37. The number of benzene rings is 1. The van der Waals surface area contributed by atoms with E-state index in [0.29, 0.717) is 0 Å². The second kappa shape index (κ2) is 7.26. The molecule has 0 bridgehead atoms. The summed E-state index contributed by atoms with van der Waals surface area (Å²) in [4.78, 5) is 2.73. The second-order valence-corrected chi connectivity index (χ2v) is 7.43. The molecule has 1 aromatic carbocycles. The first-order valence-electron chi connectivity index (χ1n) is 8.50. The second-order valence-electron chi connectivity index (χ2n) is 6.58. The Hall–Kier alpha value is -0.380. The SMILES string of the molecule is CCNCc1ccc(CN2CCC3CCCCC32)c(Br)c1. The van der Waals surface area contributed by atoms with Gasteiger partial charge in [0.2, 0.25) is 0 Å². The fourth-order valence-electron chi connectivity index (χ4n) is 4.02. The van der Waals surface area contributed by atoms with Crippen LogP contribution in [0, 0.1) is 5.92 Å². The highest BCUT2D eigenvalue weighted by Gasteiger charge is 2.35. The van der Waals surface area contributed by atoms with Gasteiger partial charge in [0, 0.05) is 23.6 Å². The van der Waals surface area contributed by atoms with E-state index in [2.05, 4.69) is 51.3 Å². The largest absolute Gasteiger partial charge is 0.313 e. The minimum Gasteiger partial charge on any atom is -0.313 e. The van der Waals surface area contributed by atoms with Crippen molar-refractivity contribution in [2.24, 2.45) is 5.92 Å². The van der Waals surface area contributed by atoms with Crippen LogP contribution in [0.25, 0.3) is 0 Å². The Labute approximate surface area is 137 Å². The number of hydrogen-bond acceptors (Lipinski definition) is 2. The summed E-state index contributed by atoms with van der Waals surface area (Å²) < 4.78 is 1.28. The Balaban J connectivity index is 1.64. The van der Waals surface area contributed by atoms with Crippen molar-refractivity contribution >= 4 is 15.9 Å². The first-order chi connectivity index (χ1) is 10.3. The molecule has 3 rings (SSSR count). The summed E-state index contributed by atoms with van der Waals surface area (Å²) in [5.41, 5.74) is 2.81. The van der Waals surface area contributed by atoms with Gasteiger partial charge in [0.05, 0.1) is 0 Å². The van der Waals surface area contributed by atoms with E-state index in [9.17, 15) is 0 Å². The molecule has 2 aliphatic rings. The van der Waals surface area contributed by atoms with Crippen molar-refractivity contribution < 1.29 is 0 Å². The Morgan fingerprint density at radius 2 is 2.10 bits per heavy atom. The van der Waals surface area contributed by atoms with Gasteiger partial charge in [-0.2, -0.15) is 0 Å². The van der Waals surface area contributed by atoms with E-state index < -0.39 is 0 Å². The lowest BCUT2D eigenvalue weighted by Crippen LogP contribution is -2.34. The van der Waals surface area contributed by atoms with E-state index in [4.69, 9.17) is 0 Å². The number of nitrogens with zero attached hydrogens (tertiary/aromatic N) is 1. The summed E-state index contributed by atoms with van der Waals surface area (Å²) in [6, 6.07) is 7.73. The lowest BCUT2D eigenvalue weighted by atomic mass is 9.85. The molecule has 0 spiro atoms. The minimum absolute atomic E-state index is 0.854. The smallest absolute Gasteiger partial charge is 0.0247 e. The van der Waals surface area contributed by atoms with E-state index in [1.165, 1.54) is 54.2 Å². The molecule has 0 aromatic heterocycles. The zero-order chi connectivity index (χ0) is 14.7. The molecule has 2 fully saturated rings. The lowest BCUT2D eigenvalue weighted by Gasteiger charge is -2.32.